The van der Waals surface area contributed by atoms with E-state index < -0.39 is 5.97 Å². The number of halogens is 1. The van der Waals surface area contributed by atoms with E-state index in [1.807, 2.05) is 48.3 Å². The van der Waals surface area contributed by atoms with Crippen LogP contribution >= 0.6 is 11.6 Å². The Bertz CT molecular complexity index is 933. The number of benzene rings is 2. The number of likely N-dealkylation sites (N-methyl/N-ethyl adjacent to an activating group) is 1. The summed E-state index contributed by atoms with van der Waals surface area (Å²) in [7, 11) is 1.95. The number of carbonyl (C=O) groups excluding carboxylic acids is 2. The standard InChI is InChI=1S/C23H24ClNO3/c1-23(2)18-9-5-7-11-20(18)25(3)21(23)14-17(26)15-28-22(27)13-12-16-8-4-6-10-19(16)24/h4-11,14H,12-13,15H2,1-3H3. The van der Waals surface area contributed by atoms with Crippen LogP contribution in [0.2, 0.25) is 5.02 Å². The maximum atomic E-state index is 12.4. The van der Waals surface area contributed by atoms with E-state index in [-0.39, 0.29) is 24.2 Å². The van der Waals surface area contributed by atoms with Crippen LogP contribution in [0.15, 0.2) is 60.3 Å². The Balaban J connectivity index is 1.58. The fraction of sp³-hybridized carbons (Fsp3) is 0.304. The molecule has 1 aliphatic heterocycles. The normalized spacial score (nSPS) is 16.1. The molecule has 0 unspecified atom stereocenters. The average Bonchev–Trinajstić information content (AvgIpc) is 2.87. The maximum Gasteiger partial charge on any atom is 0.306 e. The van der Waals surface area contributed by atoms with Gasteiger partial charge in [-0.25, -0.2) is 0 Å². The summed E-state index contributed by atoms with van der Waals surface area (Å²) in [4.78, 5) is 26.4. The Morgan fingerprint density at radius 1 is 1.11 bits per heavy atom. The number of ether oxygens (including phenoxy) is 1. The zero-order valence-corrected chi connectivity index (χ0v) is 17.1. The molecule has 0 radical (unpaired) electrons. The van der Waals surface area contributed by atoms with Gasteiger partial charge in [-0.1, -0.05) is 61.8 Å². The van der Waals surface area contributed by atoms with Crippen molar-refractivity contribution in [2.45, 2.75) is 32.1 Å². The van der Waals surface area contributed by atoms with E-state index in [1.165, 1.54) is 5.56 Å². The first-order valence-electron chi connectivity index (χ1n) is 9.28. The summed E-state index contributed by atoms with van der Waals surface area (Å²) in [5, 5.41) is 0.627. The van der Waals surface area contributed by atoms with Crippen LogP contribution in [0.5, 0.6) is 0 Å². The molecule has 28 heavy (non-hydrogen) atoms. The Hall–Kier alpha value is -2.59. The number of esters is 1. The molecule has 2 aromatic rings. The number of para-hydroxylation sites is 1. The van der Waals surface area contributed by atoms with Crippen LogP contribution in [-0.2, 0) is 26.2 Å². The number of hydrogen-bond donors (Lipinski definition) is 0. The van der Waals surface area contributed by atoms with Gasteiger partial charge in [0.25, 0.3) is 0 Å². The maximum absolute atomic E-state index is 12.4. The number of anilines is 1. The minimum Gasteiger partial charge on any atom is -0.457 e. The van der Waals surface area contributed by atoms with Crippen molar-refractivity contribution in [2.24, 2.45) is 0 Å². The van der Waals surface area contributed by atoms with E-state index >= 15 is 0 Å². The fourth-order valence-electron chi connectivity index (χ4n) is 3.61. The van der Waals surface area contributed by atoms with Gasteiger partial charge in [0.1, 0.15) is 0 Å². The first-order chi connectivity index (χ1) is 13.3. The van der Waals surface area contributed by atoms with Crippen LogP contribution in [0.1, 0.15) is 31.4 Å². The molecule has 0 atom stereocenters. The van der Waals surface area contributed by atoms with Gasteiger partial charge in [-0.2, -0.15) is 0 Å². The van der Waals surface area contributed by atoms with Gasteiger partial charge in [-0.3, -0.25) is 9.59 Å². The quantitative estimate of drug-likeness (QED) is 0.523. The Morgan fingerprint density at radius 2 is 1.79 bits per heavy atom. The van der Waals surface area contributed by atoms with Crippen molar-refractivity contribution in [1.82, 2.24) is 0 Å². The lowest BCUT2D eigenvalue weighted by Gasteiger charge is -2.23. The predicted octanol–water partition coefficient (Wildman–Crippen LogP) is 4.70. The third kappa shape index (κ3) is 4.12. The topological polar surface area (TPSA) is 46.6 Å². The van der Waals surface area contributed by atoms with Crippen LogP contribution in [0.3, 0.4) is 0 Å². The molecule has 3 rings (SSSR count). The third-order valence-electron chi connectivity index (χ3n) is 5.17. The highest BCUT2D eigenvalue weighted by molar-refractivity contribution is 6.31. The summed E-state index contributed by atoms with van der Waals surface area (Å²) in [5.74, 6) is -0.636. The minimum atomic E-state index is -0.408. The van der Waals surface area contributed by atoms with E-state index in [0.29, 0.717) is 11.4 Å². The molecule has 1 heterocycles. The summed E-state index contributed by atoms with van der Waals surface area (Å²) in [6.07, 6.45) is 2.25. The smallest absolute Gasteiger partial charge is 0.306 e. The summed E-state index contributed by atoms with van der Waals surface area (Å²) in [5.41, 5.74) is 3.76. The van der Waals surface area contributed by atoms with E-state index in [4.69, 9.17) is 16.3 Å². The van der Waals surface area contributed by atoms with Gasteiger partial charge in [0.2, 0.25) is 0 Å². The summed E-state index contributed by atoms with van der Waals surface area (Å²) >= 11 is 6.09. The van der Waals surface area contributed by atoms with Gasteiger partial charge in [0, 0.05) is 41.4 Å². The highest BCUT2D eigenvalue weighted by atomic mass is 35.5. The highest BCUT2D eigenvalue weighted by Crippen LogP contribution is 2.46. The van der Waals surface area contributed by atoms with Gasteiger partial charge >= 0.3 is 5.97 Å². The molecule has 0 saturated carbocycles. The number of hydrogen-bond acceptors (Lipinski definition) is 4. The molecule has 1 aliphatic rings. The third-order valence-corrected chi connectivity index (χ3v) is 5.54. The number of fused-ring (bicyclic) bond motifs is 1. The second-order valence-corrected chi connectivity index (χ2v) is 7.86. The van der Waals surface area contributed by atoms with Crippen molar-refractivity contribution in [2.75, 3.05) is 18.6 Å². The van der Waals surface area contributed by atoms with Crippen molar-refractivity contribution in [3.05, 3.63) is 76.5 Å². The van der Waals surface area contributed by atoms with Gasteiger partial charge in [-0.05, 0) is 29.7 Å². The number of allylic oxidation sites excluding steroid dienone is 1. The number of aryl methyl sites for hydroxylation is 1. The number of ketones is 1. The van der Waals surface area contributed by atoms with Crippen molar-refractivity contribution in [3.63, 3.8) is 0 Å². The van der Waals surface area contributed by atoms with Gasteiger partial charge in [-0.15, -0.1) is 0 Å². The molecule has 146 valence electrons. The molecule has 2 aromatic carbocycles. The second kappa shape index (κ2) is 8.19. The molecule has 0 aromatic heterocycles. The zero-order valence-electron chi connectivity index (χ0n) is 16.4. The number of carbonyl (C=O) groups is 2. The molecule has 0 saturated heterocycles. The molecular formula is C23H24ClNO3. The molecule has 0 fully saturated rings. The molecule has 5 heteroatoms. The summed E-state index contributed by atoms with van der Waals surface area (Å²) in [6.45, 7) is 3.92. The van der Waals surface area contributed by atoms with Gasteiger partial charge < -0.3 is 9.64 Å². The zero-order chi connectivity index (χ0) is 20.3. The van der Waals surface area contributed by atoms with Crippen LogP contribution in [0.25, 0.3) is 0 Å². The molecule has 0 aliphatic carbocycles. The predicted molar refractivity (Wildman–Crippen MR) is 112 cm³/mol. The average molecular weight is 398 g/mol. The summed E-state index contributed by atoms with van der Waals surface area (Å²) < 4.78 is 5.16. The molecule has 4 nitrogen and oxygen atoms in total. The Morgan fingerprint density at radius 3 is 2.50 bits per heavy atom. The van der Waals surface area contributed by atoms with Gasteiger partial charge in [0.05, 0.1) is 0 Å². The first kappa shape index (κ1) is 20.2. The lowest BCUT2D eigenvalue weighted by Crippen LogP contribution is -2.25. The molecule has 0 amide bonds. The van der Waals surface area contributed by atoms with Crippen LogP contribution in [0.4, 0.5) is 5.69 Å². The number of rotatable bonds is 6. The van der Waals surface area contributed by atoms with E-state index in [0.717, 1.165) is 16.9 Å². The Labute approximate surface area is 170 Å². The SMILES string of the molecule is CN1C(=CC(=O)COC(=O)CCc2ccccc2Cl)C(C)(C)c2ccccc21. The van der Waals surface area contributed by atoms with Gasteiger partial charge in [0.15, 0.2) is 12.4 Å². The van der Waals surface area contributed by atoms with Crippen molar-refractivity contribution >= 4 is 29.0 Å². The van der Waals surface area contributed by atoms with E-state index in [1.54, 1.807) is 12.1 Å². The monoisotopic (exact) mass is 397 g/mol. The second-order valence-electron chi connectivity index (χ2n) is 7.45. The Kier molecular flexibility index (Phi) is 5.90. The molecule has 0 N–H and O–H groups in total. The largest absolute Gasteiger partial charge is 0.457 e. The van der Waals surface area contributed by atoms with Crippen molar-refractivity contribution in [1.29, 1.82) is 0 Å². The highest BCUT2D eigenvalue weighted by Gasteiger charge is 2.38. The first-order valence-corrected chi connectivity index (χ1v) is 9.66. The fourth-order valence-corrected chi connectivity index (χ4v) is 3.84. The van der Waals surface area contributed by atoms with Crippen molar-refractivity contribution in [3.8, 4) is 0 Å². The molecule has 0 bridgehead atoms. The van der Waals surface area contributed by atoms with E-state index in [2.05, 4.69) is 19.9 Å². The van der Waals surface area contributed by atoms with Crippen LogP contribution in [-0.4, -0.2) is 25.4 Å². The number of nitrogens with zero attached hydrogens (tertiary/aromatic N) is 1. The minimum absolute atomic E-state index is 0.185. The van der Waals surface area contributed by atoms with Crippen LogP contribution < -0.4 is 4.90 Å². The summed E-state index contributed by atoms with van der Waals surface area (Å²) in [6, 6.07) is 15.5. The van der Waals surface area contributed by atoms with E-state index in [9.17, 15) is 9.59 Å². The van der Waals surface area contributed by atoms with Crippen LogP contribution in [0, 0.1) is 0 Å². The molecule has 0 spiro atoms. The lowest BCUT2D eigenvalue weighted by molar-refractivity contribution is -0.146. The lowest BCUT2D eigenvalue weighted by atomic mass is 9.83. The van der Waals surface area contributed by atoms with Crippen molar-refractivity contribution < 1.29 is 14.3 Å². The molecular weight excluding hydrogens is 374 g/mol.